The molecule has 15 heavy (non-hydrogen) atoms. The van der Waals surface area contributed by atoms with E-state index in [0.717, 1.165) is 12.8 Å². The molecule has 0 amide bonds. The van der Waals surface area contributed by atoms with E-state index in [1.807, 2.05) is 0 Å². The molecule has 4 heteroatoms. The number of rotatable bonds is 6. The first-order valence-corrected chi connectivity index (χ1v) is 5.21. The maximum Gasteiger partial charge on any atom is 0.303 e. The summed E-state index contributed by atoms with van der Waals surface area (Å²) in [4.78, 5) is 20.7. The predicted octanol–water partition coefficient (Wildman–Crippen LogP) is 2.05. The van der Waals surface area contributed by atoms with E-state index in [4.69, 9.17) is 10.2 Å². The molecule has 2 N–H and O–H groups in total. The van der Waals surface area contributed by atoms with Crippen LogP contribution >= 0.6 is 0 Å². The summed E-state index contributed by atoms with van der Waals surface area (Å²) in [7, 11) is 0. The Morgan fingerprint density at radius 3 is 2.53 bits per heavy atom. The Morgan fingerprint density at radius 2 is 1.93 bits per heavy atom. The van der Waals surface area contributed by atoms with E-state index in [9.17, 15) is 9.59 Å². The van der Waals surface area contributed by atoms with E-state index in [0.29, 0.717) is 18.8 Å². The molecule has 0 saturated carbocycles. The number of aliphatic carboxylic acids is 2. The standard InChI is InChI=1S/C11H16O4/c12-10(13)5-3-8-1-2-9(7-8)4-6-11(14)15/h7-8H,1-6H2,(H,12,13)(H,14,15). The highest BCUT2D eigenvalue weighted by Gasteiger charge is 2.16. The second-order valence-corrected chi connectivity index (χ2v) is 3.95. The molecule has 1 rings (SSSR count). The first kappa shape index (κ1) is 11.8. The lowest BCUT2D eigenvalue weighted by Gasteiger charge is -2.02. The Balaban J connectivity index is 2.27. The molecule has 0 aromatic heterocycles. The van der Waals surface area contributed by atoms with Crippen LogP contribution in [-0.2, 0) is 9.59 Å². The number of hydrogen-bond donors (Lipinski definition) is 2. The summed E-state index contributed by atoms with van der Waals surface area (Å²) in [6.45, 7) is 0. The minimum atomic E-state index is -0.773. The molecular weight excluding hydrogens is 196 g/mol. The molecule has 0 aliphatic heterocycles. The van der Waals surface area contributed by atoms with Crippen LogP contribution in [0.2, 0.25) is 0 Å². The summed E-state index contributed by atoms with van der Waals surface area (Å²) < 4.78 is 0. The van der Waals surface area contributed by atoms with Gasteiger partial charge in [0.05, 0.1) is 0 Å². The van der Waals surface area contributed by atoms with Gasteiger partial charge in [0.1, 0.15) is 0 Å². The molecule has 84 valence electrons. The largest absolute Gasteiger partial charge is 0.481 e. The molecule has 0 aromatic rings. The lowest BCUT2D eigenvalue weighted by molar-refractivity contribution is -0.138. The van der Waals surface area contributed by atoms with Crippen LogP contribution in [0.1, 0.15) is 38.5 Å². The van der Waals surface area contributed by atoms with Gasteiger partial charge in [-0.25, -0.2) is 0 Å². The van der Waals surface area contributed by atoms with E-state index >= 15 is 0 Å². The van der Waals surface area contributed by atoms with Gasteiger partial charge in [-0.1, -0.05) is 11.6 Å². The van der Waals surface area contributed by atoms with Crippen molar-refractivity contribution in [1.29, 1.82) is 0 Å². The summed E-state index contributed by atoms with van der Waals surface area (Å²) in [6.07, 6.45) is 5.63. The van der Waals surface area contributed by atoms with Gasteiger partial charge in [-0.2, -0.15) is 0 Å². The number of hydrogen-bond acceptors (Lipinski definition) is 2. The first-order valence-electron chi connectivity index (χ1n) is 5.21. The van der Waals surface area contributed by atoms with E-state index in [1.54, 1.807) is 0 Å². The maximum absolute atomic E-state index is 10.4. The maximum atomic E-state index is 10.4. The molecular formula is C11H16O4. The average molecular weight is 212 g/mol. The Kier molecular flexibility index (Phi) is 4.34. The molecule has 0 fully saturated rings. The lowest BCUT2D eigenvalue weighted by atomic mass is 10.0. The number of carboxylic acids is 2. The monoisotopic (exact) mass is 212 g/mol. The van der Waals surface area contributed by atoms with E-state index in [2.05, 4.69) is 6.08 Å². The first-order chi connectivity index (χ1) is 7.08. The summed E-state index contributed by atoms with van der Waals surface area (Å²) >= 11 is 0. The Morgan fingerprint density at radius 1 is 1.27 bits per heavy atom. The Hall–Kier alpha value is -1.32. The highest BCUT2D eigenvalue weighted by Crippen LogP contribution is 2.29. The van der Waals surface area contributed by atoms with Crippen molar-refractivity contribution in [2.24, 2.45) is 5.92 Å². The molecule has 0 heterocycles. The molecule has 0 aromatic carbocycles. The van der Waals surface area contributed by atoms with Crippen LogP contribution in [0.15, 0.2) is 11.6 Å². The van der Waals surface area contributed by atoms with Crippen LogP contribution in [0.25, 0.3) is 0 Å². The number of carbonyl (C=O) groups is 2. The number of allylic oxidation sites excluding steroid dienone is 2. The zero-order valence-electron chi connectivity index (χ0n) is 8.61. The van der Waals surface area contributed by atoms with Gasteiger partial charge in [0.2, 0.25) is 0 Å². The van der Waals surface area contributed by atoms with Crippen LogP contribution in [-0.4, -0.2) is 22.2 Å². The fraction of sp³-hybridized carbons (Fsp3) is 0.636. The zero-order valence-corrected chi connectivity index (χ0v) is 8.61. The average Bonchev–Trinajstić information content (AvgIpc) is 2.59. The highest BCUT2D eigenvalue weighted by atomic mass is 16.4. The smallest absolute Gasteiger partial charge is 0.303 e. The predicted molar refractivity (Wildman–Crippen MR) is 54.5 cm³/mol. The summed E-state index contributed by atoms with van der Waals surface area (Å²) in [5.74, 6) is -1.20. The van der Waals surface area contributed by atoms with E-state index in [1.165, 1.54) is 5.57 Å². The summed E-state index contributed by atoms with van der Waals surface area (Å²) in [5, 5.41) is 17.0. The summed E-state index contributed by atoms with van der Waals surface area (Å²) in [5.41, 5.74) is 1.17. The minimum absolute atomic E-state index is 0.178. The van der Waals surface area contributed by atoms with Gasteiger partial charge in [-0.3, -0.25) is 9.59 Å². The third-order valence-electron chi connectivity index (χ3n) is 2.70. The molecule has 0 bridgehead atoms. The van der Waals surface area contributed by atoms with Crippen LogP contribution in [0, 0.1) is 5.92 Å². The van der Waals surface area contributed by atoms with Crippen LogP contribution in [0.5, 0.6) is 0 Å². The van der Waals surface area contributed by atoms with Gasteiger partial charge in [0.25, 0.3) is 0 Å². The van der Waals surface area contributed by atoms with Crippen molar-refractivity contribution >= 4 is 11.9 Å². The third-order valence-corrected chi connectivity index (χ3v) is 2.70. The van der Waals surface area contributed by atoms with Gasteiger partial charge in [0, 0.05) is 12.8 Å². The minimum Gasteiger partial charge on any atom is -0.481 e. The van der Waals surface area contributed by atoms with Gasteiger partial charge in [-0.05, 0) is 31.6 Å². The van der Waals surface area contributed by atoms with Gasteiger partial charge in [-0.15, -0.1) is 0 Å². The summed E-state index contributed by atoms with van der Waals surface area (Å²) in [6, 6.07) is 0. The van der Waals surface area contributed by atoms with Crippen molar-refractivity contribution in [3.63, 3.8) is 0 Å². The fourth-order valence-electron chi connectivity index (χ4n) is 1.88. The molecule has 4 nitrogen and oxygen atoms in total. The van der Waals surface area contributed by atoms with Crippen molar-refractivity contribution in [3.05, 3.63) is 11.6 Å². The van der Waals surface area contributed by atoms with Crippen LogP contribution in [0.4, 0.5) is 0 Å². The van der Waals surface area contributed by atoms with Crippen molar-refractivity contribution in [2.45, 2.75) is 38.5 Å². The van der Waals surface area contributed by atoms with Crippen LogP contribution < -0.4 is 0 Å². The molecule has 0 saturated heterocycles. The van der Waals surface area contributed by atoms with Gasteiger partial charge in [0.15, 0.2) is 0 Å². The van der Waals surface area contributed by atoms with Crippen molar-refractivity contribution in [2.75, 3.05) is 0 Å². The molecule has 1 aliphatic carbocycles. The second-order valence-electron chi connectivity index (χ2n) is 3.95. The Labute approximate surface area is 88.6 Å². The Bertz CT molecular complexity index is 280. The zero-order chi connectivity index (χ0) is 11.3. The normalized spacial score (nSPS) is 20.0. The molecule has 1 unspecified atom stereocenters. The van der Waals surface area contributed by atoms with Crippen molar-refractivity contribution in [1.82, 2.24) is 0 Å². The fourth-order valence-corrected chi connectivity index (χ4v) is 1.88. The molecule has 1 atom stereocenters. The quantitative estimate of drug-likeness (QED) is 0.661. The van der Waals surface area contributed by atoms with Crippen LogP contribution in [0.3, 0.4) is 0 Å². The second kappa shape index (κ2) is 5.53. The molecule has 0 radical (unpaired) electrons. The third kappa shape index (κ3) is 4.63. The van der Waals surface area contributed by atoms with Crippen molar-refractivity contribution in [3.8, 4) is 0 Å². The van der Waals surface area contributed by atoms with Crippen molar-refractivity contribution < 1.29 is 19.8 Å². The highest BCUT2D eigenvalue weighted by molar-refractivity contribution is 5.67. The molecule has 1 aliphatic rings. The van der Waals surface area contributed by atoms with Gasteiger partial charge < -0.3 is 10.2 Å². The van der Waals surface area contributed by atoms with E-state index < -0.39 is 11.9 Å². The molecule has 0 spiro atoms. The topological polar surface area (TPSA) is 74.6 Å². The van der Waals surface area contributed by atoms with E-state index in [-0.39, 0.29) is 12.8 Å². The number of carboxylic acid groups (broad SMARTS) is 2. The van der Waals surface area contributed by atoms with Gasteiger partial charge >= 0.3 is 11.9 Å². The lowest BCUT2D eigenvalue weighted by Crippen LogP contribution is -1.99. The SMILES string of the molecule is O=C(O)CCC1=CC(CCC(=O)O)CC1.